The van der Waals surface area contributed by atoms with Crippen molar-refractivity contribution in [2.24, 2.45) is 5.14 Å². The Hall–Kier alpha value is -2.97. The molecular weight excluding hydrogens is 380 g/mol. The zero-order chi connectivity index (χ0) is 20.4. The van der Waals surface area contributed by atoms with Gasteiger partial charge in [0.2, 0.25) is 10.0 Å². The summed E-state index contributed by atoms with van der Waals surface area (Å²) in [6.07, 6.45) is -0.162. The molecule has 1 heterocycles. The summed E-state index contributed by atoms with van der Waals surface area (Å²) < 4.78 is 29.3. The lowest BCUT2D eigenvalue weighted by molar-refractivity contribution is -0.138. The van der Waals surface area contributed by atoms with Crippen LogP contribution in [0.2, 0.25) is 0 Å². The van der Waals surface area contributed by atoms with E-state index in [1.54, 1.807) is 31.2 Å². The van der Waals surface area contributed by atoms with E-state index >= 15 is 0 Å². The lowest BCUT2D eigenvalue weighted by Gasteiger charge is -2.25. The molecule has 1 aromatic heterocycles. The van der Waals surface area contributed by atoms with E-state index in [0.717, 1.165) is 5.56 Å². The molecule has 0 aliphatic rings. The maximum atomic E-state index is 11.9. The highest BCUT2D eigenvalue weighted by Crippen LogP contribution is 2.35. The molecule has 3 rings (SSSR count). The predicted molar refractivity (Wildman–Crippen MR) is 103 cm³/mol. The Balaban J connectivity index is 2.03. The van der Waals surface area contributed by atoms with E-state index in [4.69, 9.17) is 9.66 Å². The Morgan fingerprint density at radius 3 is 2.43 bits per heavy atom. The van der Waals surface area contributed by atoms with Gasteiger partial charge in [0, 0.05) is 17.0 Å². The van der Waals surface area contributed by atoms with Crippen molar-refractivity contribution in [2.45, 2.75) is 30.1 Å². The zero-order valence-corrected chi connectivity index (χ0v) is 16.0. The average molecular weight is 400 g/mol. The van der Waals surface area contributed by atoms with Crippen molar-refractivity contribution in [1.29, 1.82) is 0 Å². The molecule has 3 aromatic rings. The number of rotatable bonds is 7. The van der Waals surface area contributed by atoms with Crippen LogP contribution in [-0.2, 0) is 26.7 Å². The third kappa shape index (κ3) is 4.29. The lowest BCUT2D eigenvalue weighted by atomic mass is 9.78. The highest BCUT2D eigenvalue weighted by atomic mass is 32.2. The fraction of sp³-hybridized carbons (Fsp3) is 0.200. The van der Waals surface area contributed by atoms with Crippen LogP contribution in [0.5, 0.6) is 0 Å². The topological polar surface area (TPSA) is 123 Å². The lowest BCUT2D eigenvalue weighted by Crippen LogP contribution is -2.29. The number of carboxylic acids is 1. The molecule has 3 N–H and O–H groups in total. The second-order valence-corrected chi connectivity index (χ2v) is 8.43. The van der Waals surface area contributed by atoms with Gasteiger partial charge in [-0.3, -0.25) is 4.79 Å². The minimum atomic E-state index is -3.95. The van der Waals surface area contributed by atoms with Crippen LogP contribution in [0.4, 0.5) is 0 Å². The molecule has 28 heavy (non-hydrogen) atoms. The fourth-order valence-corrected chi connectivity index (χ4v) is 4.00. The van der Waals surface area contributed by atoms with Crippen molar-refractivity contribution in [2.75, 3.05) is 0 Å². The number of nitrogens with two attached hydrogens (primary N) is 1. The van der Waals surface area contributed by atoms with Crippen LogP contribution >= 0.6 is 0 Å². The van der Waals surface area contributed by atoms with Crippen molar-refractivity contribution in [1.82, 2.24) is 5.16 Å². The van der Waals surface area contributed by atoms with Crippen LogP contribution in [0.25, 0.3) is 11.3 Å². The first-order chi connectivity index (χ1) is 13.2. The summed E-state index contributed by atoms with van der Waals surface area (Å²) >= 11 is 0. The van der Waals surface area contributed by atoms with Gasteiger partial charge in [-0.1, -0.05) is 60.6 Å². The minimum absolute atomic E-state index is 0.0330. The van der Waals surface area contributed by atoms with Crippen LogP contribution < -0.4 is 5.14 Å². The number of nitrogens with zero attached hydrogens (tertiary/aromatic N) is 1. The Labute approximate surface area is 162 Å². The molecule has 0 spiro atoms. The van der Waals surface area contributed by atoms with E-state index in [1.165, 1.54) is 6.07 Å². The summed E-state index contributed by atoms with van der Waals surface area (Å²) in [6, 6.07) is 17.3. The number of sulfonamides is 1. The molecule has 1 unspecified atom stereocenters. The SMILES string of the molecule is CC(CC(=O)O)(Cc1ccccc1S(N)(=O)=O)c1cc(-c2ccccc2)no1. The first-order valence-electron chi connectivity index (χ1n) is 8.54. The molecule has 0 fully saturated rings. The zero-order valence-electron chi connectivity index (χ0n) is 15.2. The summed E-state index contributed by atoms with van der Waals surface area (Å²) in [5.74, 6) is -0.675. The molecular formula is C20H20N2O5S. The number of carboxylic acid groups (broad SMARTS) is 1. The Kier molecular flexibility index (Phi) is 5.35. The molecule has 1 atom stereocenters. The number of hydrogen-bond acceptors (Lipinski definition) is 5. The van der Waals surface area contributed by atoms with E-state index < -0.39 is 21.4 Å². The summed E-state index contributed by atoms with van der Waals surface area (Å²) in [5.41, 5.74) is 0.811. The van der Waals surface area contributed by atoms with Gasteiger partial charge in [0.05, 0.1) is 11.3 Å². The molecule has 0 radical (unpaired) electrons. The maximum absolute atomic E-state index is 11.9. The predicted octanol–water partition coefficient (Wildman–Crippen LogP) is 2.96. The maximum Gasteiger partial charge on any atom is 0.304 e. The van der Waals surface area contributed by atoms with Crippen LogP contribution in [0, 0.1) is 0 Å². The van der Waals surface area contributed by atoms with E-state index in [2.05, 4.69) is 5.16 Å². The smallest absolute Gasteiger partial charge is 0.304 e. The van der Waals surface area contributed by atoms with Gasteiger partial charge >= 0.3 is 5.97 Å². The van der Waals surface area contributed by atoms with Crippen molar-refractivity contribution in [3.05, 3.63) is 72.0 Å². The highest BCUT2D eigenvalue weighted by molar-refractivity contribution is 7.89. The van der Waals surface area contributed by atoms with E-state index in [-0.39, 0.29) is 17.7 Å². The number of carbonyl (C=O) groups is 1. The van der Waals surface area contributed by atoms with E-state index in [9.17, 15) is 18.3 Å². The molecule has 146 valence electrons. The quantitative estimate of drug-likeness (QED) is 0.628. The summed E-state index contributed by atoms with van der Waals surface area (Å²) in [7, 11) is -3.95. The summed E-state index contributed by atoms with van der Waals surface area (Å²) in [4.78, 5) is 11.5. The third-order valence-electron chi connectivity index (χ3n) is 4.58. The number of aliphatic carboxylic acids is 1. The highest BCUT2D eigenvalue weighted by Gasteiger charge is 2.35. The number of hydrogen-bond donors (Lipinski definition) is 2. The van der Waals surface area contributed by atoms with Crippen LogP contribution in [0.15, 0.2) is 70.1 Å². The van der Waals surface area contributed by atoms with Gasteiger partial charge < -0.3 is 9.63 Å². The van der Waals surface area contributed by atoms with Crippen molar-refractivity contribution in [3.63, 3.8) is 0 Å². The molecule has 0 aliphatic heterocycles. The van der Waals surface area contributed by atoms with Gasteiger partial charge in [-0.05, 0) is 18.1 Å². The number of aromatic nitrogens is 1. The Morgan fingerprint density at radius 2 is 1.79 bits per heavy atom. The van der Waals surface area contributed by atoms with E-state index in [0.29, 0.717) is 17.0 Å². The monoisotopic (exact) mass is 400 g/mol. The molecule has 0 bridgehead atoms. The van der Waals surface area contributed by atoms with Gasteiger partial charge in [-0.2, -0.15) is 0 Å². The number of primary sulfonamides is 1. The second kappa shape index (κ2) is 7.57. The van der Waals surface area contributed by atoms with Gasteiger partial charge in [0.15, 0.2) is 0 Å². The third-order valence-corrected chi connectivity index (χ3v) is 5.59. The van der Waals surface area contributed by atoms with Crippen molar-refractivity contribution in [3.8, 4) is 11.3 Å². The van der Waals surface area contributed by atoms with Gasteiger partial charge in [-0.15, -0.1) is 0 Å². The summed E-state index contributed by atoms with van der Waals surface area (Å²) in [6.45, 7) is 1.70. The van der Waals surface area contributed by atoms with Crippen molar-refractivity contribution >= 4 is 16.0 Å². The minimum Gasteiger partial charge on any atom is -0.481 e. The standard InChI is InChI=1S/C20H20N2O5S/c1-20(13-19(23)24,12-15-9-5-6-10-17(15)28(21,25)26)18-11-16(22-27-18)14-7-3-2-4-8-14/h2-11H,12-13H2,1H3,(H,23,24)(H2,21,25,26). The van der Waals surface area contributed by atoms with Gasteiger partial charge in [0.1, 0.15) is 11.5 Å². The molecule has 0 amide bonds. The number of benzene rings is 2. The van der Waals surface area contributed by atoms with Crippen LogP contribution in [0.3, 0.4) is 0 Å². The normalized spacial score (nSPS) is 13.8. The summed E-state index contributed by atoms with van der Waals surface area (Å²) in [5, 5.41) is 18.8. The molecule has 2 aromatic carbocycles. The molecule has 0 saturated heterocycles. The first kappa shape index (κ1) is 19.8. The molecule has 0 saturated carbocycles. The fourth-order valence-electron chi connectivity index (χ4n) is 3.22. The first-order valence-corrected chi connectivity index (χ1v) is 10.1. The van der Waals surface area contributed by atoms with Crippen molar-refractivity contribution < 1.29 is 22.8 Å². The van der Waals surface area contributed by atoms with Crippen LogP contribution in [-0.4, -0.2) is 24.7 Å². The van der Waals surface area contributed by atoms with E-state index in [1.807, 2.05) is 30.3 Å². The Bertz CT molecular complexity index is 1090. The van der Waals surface area contributed by atoms with Gasteiger partial charge in [0.25, 0.3) is 0 Å². The largest absolute Gasteiger partial charge is 0.481 e. The molecule has 7 nitrogen and oxygen atoms in total. The second-order valence-electron chi connectivity index (χ2n) is 6.90. The molecule has 8 heteroatoms. The van der Waals surface area contributed by atoms with Crippen LogP contribution in [0.1, 0.15) is 24.7 Å². The van der Waals surface area contributed by atoms with Gasteiger partial charge in [-0.25, -0.2) is 13.6 Å². The average Bonchev–Trinajstić information content (AvgIpc) is 3.12. The molecule has 0 aliphatic carbocycles. The Morgan fingerprint density at radius 1 is 1.14 bits per heavy atom.